The Morgan fingerprint density at radius 2 is 2.00 bits per heavy atom. The van der Waals surface area contributed by atoms with Crippen LogP contribution in [0.15, 0.2) is 33.3 Å². The molecular formula is C12H8Br2N2O. The third kappa shape index (κ3) is 1.73. The lowest BCUT2D eigenvalue weighted by Gasteiger charge is -2.02. The summed E-state index contributed by atoms with van der Waals surface area (Å²) < 4.78 is 7.20. The minimum atomic E-state index is 0.818. The minimum absolute atomic E-state index is 0.818. The maximum atomic E-state index is 5.31. The van der Waals surface area contributed by atoms with Crippen LogP contribution in [-0.4, -0.2) is 17.1 Å². The second-order valence-corrected chi connectivity index (χ2v) is 5.48. The van der Waals surface area contributed by atoms with Crippen molar-refractivity contribution in [2.24, 2.45) is 0 Å². The van der Waals surface area contributed by atoms with Crippen LogP contribution in [0.4, 0.5) is 0 Å². The molecule has 3 aromatic rings. The number of nitrogens with zero attached hydrogens (tertiary/aromatic N) is 1. The maximum absolute atomic E-state index is 5.31. The second-order valence-electron chi connectivity index (χ2n) is 3.71. The van der Waals surface area contributed by atoms with Gasteiger partial charge in [-0.15, -0.1) is 0 Å². The Labute approximate surface area is 114 Å². The predicted octanol–water partition coefficient (Wildman–Crippen LogP) is 4.25. The van der Waals surface area contributed by atoms with Gasteiger partial charge in [-0.25, -0.2) is 4.98 Å². The topological polar surface area (TPSA) is 37.9 Å². The molecule has 0 fully saturated rings. The van der Waals surface area contributed by atoms with Crippen LogP contribution >= 0.6 is 31.9 Å². The molecule has 0 saturated carbocycles. The highest BCUT2D eigenvalue weighted by Gasteiger charge is 2.09. The number of pyridine rings is 1. The SMILES string of the molecule is COc1cc2c(cc1Br)[nH]c1ncc(Br)cc12. The molecule has 2 heterocycles. The number of ether oxygens (including phenoxy) is 1. The fourth-order valence-corrected chi connectivity index (χ4v) is 2.74. The molecule has 0 bridgehead atoms. The largest absolute Gasteiger partial charge is 0.496 e. The number of hydrogen-bond acceptors (Lipinski definition) is 2. The first-order valence-corrected chi connectivity index (χ1v) is 6.58. The molecule has 0 aliphatic heterocycles. The molecule has 0 spiro atoms. The summed E-state index contributed by atoms with van der Waals surface area (Å²) in [6.07, 6.45) is 1.78. The van der Waals surface area contributed by atoms with Crippen LogP contribution in [-0.2, 0) is 0 Å². The highest BCUT2D eigenvalue weighted by atomic mass is 79.9. The zero-order chi connectivity index (χ0) is 12.0. The summed E-state index contributed by atoms with van der Waals surface area (Å²) in [5, 5.41) is 2.19. The van der Waals surface area contributed by atoms with Crippen molar-refractivity contribution in [2.75, 3.05) is 7.11 Å². The number of H-pyrrole nitrogens is 1. The van der Waals surface area contributed by atoms with Crippen LogP contribution in [0.1, 0.15) is 0 Å². The molecule has 0 saturated heterocycles. The molecule has 5 heteroatoms. The second kappa shape index (κ2) is 3.99. The van der Waals surface area contributed by atoms with Gasteiger partial charge in [0.2, 0.25) is 0 Å². The molecule has 0 aliphatic carbocycles. The van der Waals surface area contributed by atoms with E-state index in [0.29, 0.717) is 0 Å². The van der Waals surface area contributed by atoms with Gasteiger partial charge in [-0.2, -0.15) is 0 Å². The van der Waals surface area contributed by atoms with Crippen LogP contribution in [0, 0.1) is 0 Å². The number of benzene rings is 1. The molecule has 3 nitrogen and oxygen atoms in total. The molecule has 86 valence electrons. The fourth-order valence-electron chi connectivity index (χ4n) is 1.91. The van der Waals surface area contributed by atoms with Crippen LogP contribution < -0.4 is 4.74 Å². The van der Waals surface area contributed by atoms with Gasteiger partial charge in [-0.1, -0.05) is 0 Å². The number of rotatable bonds is 1. The van der Waals surface area contributed by atoms with Gasteiger partial charge >= 0.3 is 0 Å². The maximum Gasteiger partial charge on any atom is 0.138 e. The van der Waals surface area contributed by atoms with Crippen LogP contribution in [0.5, 0.6) is 5.75 Å². The summed E-state index contributed by atoms with van der Waals surface area (Å²) >= 11 is 6.91. The minimum Gasteiger partial charge on any atom is -0.496 e. The van der Waals surface area contributed by atoms with Gasteiger partial charge in [0.1, 0.15) is 11.4 Å². The molecule has 17 heavy (non-hydrogen) atoms. The number of aromatic amines is 1. The number of halogens is 2. The lowest BCUT2D eigenvalue weighted by atomic mass is 10.2. The molecule has 3 rings (SSSR count). The summed E-state index contributed by atoms with van der Waals surface area (Å²) in [7, 11) is 1.66. The first-order valence-electron chi connectivity index (χ1n) is 4.99. The van der Waals surface area contributed by atoms with Crippen molar-refractivity contribution in [3.63, 3.8) is 0 Å². The number of aromatic nitrogens is 2. The Morgan fingerprint density at radius 3 is 2.76 bits per heavy atom. The Balaban J connectivity index is 2.46. The van der Waals surface area contributed by atoms with E-state index >= 15 is 0 Å². The Hall–Kier alpha value is -1.07. The van der Waals surface area contributed by atoms with Gasteiger partial charge in [-0.05, 0) is 50.1 Å². The van der Waals surface area contributed by atoms with E-state index in [4.69, 9.17) is 4.74 Å². The number of hydrogen-bond donors (Lipinski definition) is 1. The van der Waals surface area contributed by atoms with E-state index in [1.54, 1.807) is 13.3 Å². The fraction of sp³-hybridized carbons (Fsp3) is 0.0833. The Kier molecular flexibility index (Phi) is 2.60. The van der Waals surface area contributed by atoms with E-state index in [2.05, 4.69) is 47.9 Å². The van der Waals surface area contributed by atoms with Crippen molar-refractivity contribution in [2.45, 2.75) is 0 Å². The van der Waals surface area contributed by atoms with Crippen molar-refractivity contribution < 1.29 is 4.74 Å². The first-order chi connectivity index (χ1) is 8.19. The van der Waals surface area contributed by atoms with Crippen LogP contribution in [0.2, 0.25) is 0 Å². The molecule has 0 amide bonds. The highest BCUT2D eigenvalue weighted by Crippen LogP contribution is 2.34. The van der Waals surface area contributed by atoms with Crippen LogP contribution in [0.3, 0.4) is 0 Å². The van der Waals surface area contributed by atoms with Gasteiger partial charge in [0, 0.05) is 27.0 Å². The molecule has 1 N–H and O–H groups in total. The quantitative estimate of drug-likeness (QED) is 0.708. The monoisotopic (exact) mass is 354 g/mol. The summed E-state index contributed by atoms with van der Waals surface area (Å²) in [4.78, 5) is 7.62. The van der Waals surface area contributed by atoms with Crippen molar-refractivity contribution >= 4 is 53.8 Å². The van der Waals surface area contributed by atoms with Crippen LogP contribution in [0.25, 0.3) is 21.9 Å². The lowest BCUT2D eigenvalue weighted by Crippen LogP contribution is -1.83. The zero-order valence-corrected chi connectivity index (χ0v) is 12.1. The number of nitrogens with one attached hydrogen (secondary N) is 1. The normalized spacial score (nSPS) is 11.2. The third-order valence-corrected chi connectivity index (χ3v) is 3.74. The van der Waals surface area contributed by atoms with Gasteiger partial charge in [0.15, 0.2) is 0 Å². The summed E-state index contributed by atoms with van der Waals surface area (Å²) in [5.41, 5.74) is 1.92. The summed E-state index contributed by atoms with van der Waals surface area (Å²) in [6, 6.07) is 6.06. The summed E-state index contributed by atoms with van der Waals surface area (Å²) in [6.45, 7) is 0. The Bertz CT molecular complexity index is 721. The van der Waals surface area contributed by atoms with Gasteiger partial charge < -0.3 is 9.72 Å². The molecule has 0 atom stereocenters. The Morgan fingerprint density at radius 1 is 1.18 bits per heavy atom. The zero-order valence-electron chi connectivity index (χ0n) is 8.92. The number of methoxy groups -OCH3 is 1. The van der Waals surface area contributed by atoms with E-state index in [9.17, 15) is 0 Å². The van der Waals surface area contributed by atoms with Gasteiger partial charge in [-0.3, -0.25) is 0 Å². The average Bonchev–Trinajstić information content (AvgIpc) is 2.65. The van der Waals surface area contributed by atoms with E-state index in [-0.39, 0.29) is 0 Å². The molecule has 0 radical (unpaired) electrons. The standard InChI is InChI=1S/C12H8Br2N2O/c1-17-11-3-7-8-2-6(13)5-15-12(8)16-10(7)4-9(11)14/h2-5H,1H3,(H,15,16). The first kappa shape index (κ1) is 11.0. The molecule has 2 aromatic heterocycles. The van der Waals surface area contributed by atoms with Crippen molar-refractivity contribution in [3.05, 3.63) is 33.3 Å². The molecule has 0 aliphatic rings. The summed E-state index contributed by atoms with van der Waals surface area (Å²) in [5.74, 6) is 0.818. The molecular weight excluding hydrogens is 348 g/mol. The van der Waals surface area contributed by atoms with E-state index in [1.807, 2.05) is 12.1 Å². The van der Waals surface area contributed by atoms with Gasteiger partial charge in [0.05, 0.1) is 11.6 Å². The average molecular weight is 356 g/mol. The van der Waals surface area contributed by atoms with E-state index in [1.165, 1.54) is 0 Å². The van der Waals surface area contributed by atoms with E-state index in [0.717, 1.165) is 36.6 Å². The third-order valence-electron chi connectivity index (χ3n) is 2.69. The van der Waals surface area contributed by atoms with Crippen molar-refractivity contribution in [1.29, 1.82) is 0 Å². The smallest absolute Gasteiger partial charge is 0.138 e. The highest BCUT2D eigenvalue weighted by molar-refractivity contribution is 9.10. The molecule has 1 aromatic carbocycles. The predicted molar refractivity (Wildman–Crippen MR) is 75.6 cm³/mol. The van der Waals surface area contributed by atoms with Crippen molar-refractivity contribution in [1.82, 2.24) is 9.97 Å². The van der Waals surface area contributed by atoms with Crippen molar-refractivity contribution in [3.8, 4) is 5.75 Å². The lowest BCUT2D eigenvalue weighted by molar-refractivity contribution is 0.413. The number of fused-ring (bicyclic) bond motifs is 3. The molecule has 0 unspecified atom stereocenters. The van der Waals surface area contributed by atoms with Gasteiger partial charge in [0.25, 0.3) is 0 Å². The van der Waals surface area contributed by atoms with E-state index < -0.39 is 0 Å².